The van der Waals surface area contributed by atoms with E-state index in [1.807, 2.05) is 7.11 Å². The fourth-order valence-electron chi connectivity index (χ4n) is 4.19. The molecule has 2 fully saturated rings. The van der Waals surface area contributed by atoms with Crippen LogP contribution in [0.3, 0.4) is 0 Å². The first kappa shape index (κ1) is 15.6. The number of nitrogens with zero attached hydrogens (tertiary/aromatic N) is 3. The van der Waals surface area contributed by atoms with Gasteiger partial charge in [-0.25, -0.2) is 0 Å². The lowest BCUT2D eigenvalue weighted by Gasteiger charge is -2.34. The summed E-state index contributed by atoms with van der Waals surface area (Å²) in [7, 11) is 1.82. The number of hydrogen-bond donors (Lipinski definition) is 0. The molecule has 4 rings (SSSR count). The van der Waals surface area contributed by atoms with Crippen molar-refractivity contribution in [2.45, 2.75) is 44.7 Å². The van der Waals surface area contributed by atoms with Gasteiger partial charge in [-0.15, -0.1) is 0 Å². The SMILES string of the molecule is COC[C@@H]1CN(CC2CC2)Cc2cnn(CC3CCOCC3)c21. The lowest BCUT2D eigenvalue weighted by Crippen LogP contribution is -2.37. The fraction of sp³-hybridized carbons (Fsp3) is 0.833. The fourth-order valence-corrected chi connectivity index (χ4v) is 4.19. The van der Waals surface area contributed by atoms with Gasteiger partial charge < -0.3 is 9.47 Å². The summed E-state index contributed by atoms with van der Waals surface area (Å²) >= 11 is 0. The second-order valence-corrected chi connectivity index (χ2v) is 7.58. The van der Waals surface area contributed by atoms with Gasteiger partial charge in [-0.3, -0.25) is 9.58 Å². The molecule has 0 aromatic carbocycles. The second kappa shape index (κ2) is 6.91. The van der Waals surface area contributed by atoms with Crippen molar-refractivity contribution >= 4 is 0 Å². The van der Waals surface area contributed by atoms with E-state index in [4.69, 9.17) is 14.6 Å². The minimum Gasteiger partial charge on any atom is -0.384 e. The summed E-state index contributed by atoms with van der Waals surface area (Å²) < 4.78 is 13.3. The van der Waals surface area contributed by atoms with E-state index in [1.54, 1.807) is 0 Å². The normalized spacial score (nSPS) is 26.4. The van der Waals surface area contributed by atoms with Crippen LogP contribution in [0.4, 0.5) is 0 Å². The summed E-state index contributed by atoms with van der Waals surface area (Å²) in [5.41, 5.74) is 2.86. The number of fused-ring (bicyclic) bond motifs is 1. The molecule has 3 heterocycles. The van der Waals surface area contributed by atoms with Crippen molar-refractivity contribution in [2.24, 2.45) is 11.8 Å². The van der Waals surface area contributed by atoms with E-state index in [9.17, 15) is 0 Å². The van der Waals surface area contributed by atoms with Crippen LogP contribution in [0, 0.1) is 11.8 Å². The van der Waals surface area contributed by atoms with Gasteiger partial charge in [0.2, 0.25) is 0 Å². The van der Waals surface area contributed by atoms with E-state index in [0.29, 0.717) is 11.8 Å². The van der Waals surface area contributed by atoms with Crippen molar-refractivity contribution in [3.8, 4) is 0 Å². The number of aromatic nitrogens is 2. The highest BCUT2D eigenvalue weighted by atomic mass is 16.5. The maximum absolute atomic E-state index is 5.53. The van der Waals surface area contributed by atoms with Gasteiger partial charge in [0.15, 0.2) is 0 Å². The van der Waals surface area contributed by atoms with Crippen LogP contribution in [0.5, 0.6) is 0 Å². The maximum atomic E-state index is 5.53. The predicted octanol–water partition coefficient (Wildman–Crippen LogP) is 2.27. The first-order valence-electron chi connectivity index (χ1n) is 9.17. The highest BCUT2D eigenvalue weighted by Gasteiger charge is 2.33. The number of ether oxygens (including phenoxy) is 2. The summed E-state index contributed by atoms with van der Waals surface area (Å²) in [6, 6.07) is 0. The summed E-state index contributed by atoms with van der Waals surface area (Å²) in [6.07, 6.45) is 7.27. The Hall–Kier alpha value is -0.910. The third-order valence-electron chi connectivity index (χ3n) is 5.57. The molecule has 128 valence electrons. The Bertz CT molecular complexity index is 520. The highest BCUT2D eigenvalue weighted by Crippen LogP contribution is 2.34. The molecule has 0 N–H and O–H groups in total. The van der Waals surface area contributed by atoms with Gasteiger partial charge in [0.25, 0.3) is 0 Å². The molecule has 1 aromatic heterocycles. The van der Waals surface area contributed by atoms with Crippen LogP contribution in [-0.4, -0.2) is 54.7 Å². The van der Waals surface area contributed by atoms with Crippen molar-refractivity contribution < 1.29 is 9.47 Å². The lowest BCUT2D eigenvalue weighted by atomic mass is 9.95. The minimum atomic E-state index is 0.463. The van der Waals surface area contributed by atoms with Gasteiger partial charge in [0, 0.05) is 63.7 Å². The topological polar surface area (TPSA) is 39.5 Å². The predicted molar refractivity (Wildman–Crippen MR) is 88.4 cm³/mol. The van der Waals surface area contributed by atoms with E-state index in [1.165, 1.54) is 30.6 Å². The highest BCUT2D eigenvalue weighted by molar-refractivity contribution is 5.25. The molecule has 5 heteroatoms. The third kappa shape index (κ3) is 3.62. The summed E-state index contributed by atoms with van der Waals surface area (Å²) in [5, 5.41) is 4.75. The quantitative estimate of drug-likeness (QED) is 0.806. The molecule has 3 aliphatic rings. The molecule has 0 radical (unpaired) electrons. The van der Waals surface area contributed by atoms with E-state index < -0.39 is 0 Å². The Morgan fingerprint density at radius 1 is 1.17 bits per heavy atom. The second-order valence-electron chi connectivity index (χ2n) is 7.58. The Balaban J connectivity index is 1.50. The van der Waals surface area contributed by atoms with Crippen LogP contribution in [0.15, 0.2) is 6.20 Å². The Morgan fingerprint density at radius 2 is 1.96 bits per heavy atom. The Morgan fingerprint density at radius 3 is 2.70 bits per heavy atom. The first-order valence-corrected chi connectivity index (χ1v) is 9.17. The molecule has 2 aliphatic heterocycles. The molecular weight excluding hydrogens is 290 g/mol. The molecular formula is C18H29N3O2. The van der Waals surface area contributed by atoms with Crippen LogP contribution in [0.25, 0.3) is 0 Å². The van der Waals surface area contributed by atoms with E-state index in [2.05, 4.69) is 15.8 Å². The molecule has 0 unspecified atom stereocenters. The number of hydrogen-bond acceptors (Lipinski definition) is 4. The van der Waals surface area contributed by atoms with Crippen molar-refractivity contribution in [1.29, 1.82) is 0 Å². The standard InChI is InChI=1S/C18H29N3O2/c1-22-13-17-12-20(9-14-2-3-14)11-16-8-19-21(18(16)17)10-15-4-6-23-7-5-15/h8,14-15,17H,2-7,9-13H2,1H3/t17-/m0/s1. The third-order valence-corrected chi connectivity index (χ3v) is 5.57. The molecule has 1 aromatic rings. The van der Waals surface area contributed by atoms with Crippen LogP contribution >= 0.6 is 0 Å². The van der Waals surface area contributed by atoms with E-state index in [0.717, 1.165) is 58.2 Å². The largest absolute Gasteiger partial charge is 0.384 e. The van der Waals surface area contributed by atoms with Gasteiger partial charge >= 0.3 is 0 Å². The summed E-state index contributed by atoms with van der Waals surface area (Å²) in [6.45, 7) is 7.10. The molecule has 23 heavy (non-hydrogen) atoms. The van der Waals surface area contributed by atoms with Crippen molar-refractivity contribution in [2.75, 3.05) is 40.0 Å². The van der Waals surface area contributed by atoms with E-state index >= 15 is 0 Å². The zero-order chi connectivity index (χ0) is 15.6. The molecule has 0 bridgehead atoms. The average Bonchev–Trinajstić information content (AvgIpc) is 3.28. The van der Waals surface area contributed by atoms with Crippen LogP contribution in [0.1, 0.15) is 42.9 Å². The molecule has 0 amide bonds. The Kier molecular flexibility index (Phi) is 4.69. The van der Waals surface area contributed by atoms with Gasteiger partial charge in [0.05, 0.1) is 12.8 Å². The zero-order valence-corrected chi connectivity index (χ0v) is 14.2. The van der Waals surface area contributed by atoms with Gasteiger partial charge in [-0.1, -0.05) is 0 Å². The van der Waals surface area contributed by atoms with Crippen LogP contribution in [-0.2, 0) is 22.6 Å². The van der Waals surface area contributed by atoms with Crippen molar-refractivity contribution in [3.05, 3.63) is 17.5 Å². The summed E-state index contributed by atoms with van der Waals surface area (Å²) in [5.74, 6) is 2.11. The zero-order valence-electron chi connectivity index (χ0n) is 14.2. The molecule has 0 spiro atoms. The summed E-state index contributed by atoms with van der Waals surface area (Å²) in [4.78, 5) is 2.62. The smallest absolute Gasteiger partial charge is 0.0558 e. The van der Waals surface area contributed by atoms with Crippen LogP contribution < -0.4 is 0 Å². The minimum absolute atomic E-state index is 0.463. The molecule has 1 atom stereocenters. The van der Waals surface area contributed by atoms with E-state index in [-0.39, 0.29) is 0 Å². The monoisotopic (exact) mass is 319 g/mol. The molecule has 1 saturated carbocycles. The van der Waals surface area contributed by atoms with Crippen LogP contribution in [0.2, 0.25) is 0 Å². The lowest BCUT2D eigenvalue weighted by molar-refractivity contribution is 0.0590. The van der Waals surface area contributed by atoms with Gasteiger partial charge in [0.1, 0.15) is 0 Å². The van der Waals surface area contributed by atoms with Crippen molar-refractivity contribution in [3.63, 3.8) is 0 Å². The maximum Gasteiger partial charge on any atom is 0.0558 e. The molecule has 5 nitrogen and oxygen atoms in total. The van der Waals surface area contributed by atoms with Gasteiger partial charge in [-0.2, -0.15) is 5.10 Å². The molecule has 1 saturated heterocycles. The number of rotatable bonds is 6. The van der Waals surface area contributed by atoms with Crippen molar-refractivity contribution in [1.82, 2.24) is 14.7 Å². The van der Waals surface area contributed by atoms with Gasteiger partial charge in [-0.05, 0) is 37.5 Å². The first-order chi connectivity index (χ1) is 11.3. The Labute approximate surface area is 138 Å². The molecule has 1 aliphatic carbocycles. The number of methoxy groups -OCH3 is 1. The average molecular weight is 319 g/mol.